The SMILES string of the molecule is COc1ccccc1NC(=O)c1c([O-])n(C)c(=O)c2cc(Cl)ccc12. The summed E-state index contributed by atoms with van der Waals surface area (Å²) >= 11 is 5.94. The highest BCUT2D eigenvalue weighted by Crippen LogP contribution is 2.28. The number of nitrogens with zero attached hydrogens (tertiary/aromatic N) is 1. The molecule has 0 aliphatic carbocycles. The van der Waals surface area contributed by atoms with Crippen LogP contribution in [-0.2, 0) is 7.05 Å². The van der Waals surface area contributed by atoms with E-state index >= 15 is 0 Å². The zero-order valence-electron chi connectivity index (χ0n) is 13.5. The number of hydrogen-bond acceptors (Lipinski definition) is 4. The molecule has 3 aromatic rings. The van der Waals surface area contributed by atoms with Crippen molar-refractivity contribution in [2.75, 3.05) is 12.4 Å². The number of rotatable bonds is 3. The summed E-state index contributed by atoms with van der Waals surface area (Å²) in [5.41, 5.74) is -0.207. The van der Waals surface area contributed by atoms with Crippen LogP contribution in [0.5, 0.6) is 11.6 Å². The van der Waals surface area contributed by atoms with Gasteiger partial charge in [-0.15, -0.1) is 0 Å². The Morgan fingerprint density at radius 1 is 1.20 bits per heavy atom. The average Bonchev–Trinajstić information content (AvgIpc) is 2.61. The third-order valence-electron chi connectivity index (χ3n) is 3.89. The van der Waals surface area contributed by atoms with Crippen LogP contribution in [0.25, 0.3) is 10.8 Å². The Hall–Kier alpha value is -2.99. The molecular formula is C18H14ClN2O4-. The Kier molecular flexibility index (Phi) is 4.37. The molecule has 0 fully saturated rings. The molecule has 0 atom stereocenters. The van der Waals surface area contributed by atoms with Crippen LogP contribution in [0.2, 0.25) is 5.02 Å². The van der Waals surface area contributed by atoms with Gasteiger partial charge in [0.15, 0.2) is 0 Å². The Bertz CT molecular complexity index is 1040. The van der Waals surface area contributed by atoms with E-state index in [-0.39, 0.29) is 16.3 Å². The summed E-state index contributed by atoms with van der Waals surface area (Å²) in [6.45, 7) is 0. The van der Waals surface area contributed by atoms with Gasteiger partial charge < -0.3 is 19.7 Å². The first kappa shape index (κ1) is 16.9. The molecule has 1 N–H and O–H groups in total. The van der Waals surface area contributed by atoms with E-state index in [0.29, 0.717) is 16.5 Å². The Balaban J connectivity index is 2.18. The largest absolute Gasteiger partial charge is 0.859 e. The average molecular weight is 358 g/mol. The van der Waals surface area contributed by atoms with Crippen molar-refractivity contribution in [1.29, 1.82) is 0 Å². The highest BCUT2D eigenvalue weighted by atomic mass is 35.5. The summed E-state index contributed by atoms with van der Waals surface area (Å²) in [4.78, 5) is 25.0. The summed E-state index contributed by atoms with van der Waals surface area (Å²) in [5, 5.41) is 16.0. The maximum Gasteiger partial charge on any atom is 0.257 e. The van der Waals surface area contributed by atoms with Gasteiger partial charge in [-0.05, 0) is 30.1 Å². The van der Waals surface area contributed by atoms with Gasteiger partial charge in [-0.25, -0.2) is 0 Å². The number of benzene rings is 2. The molecule has 0 unspecified atom stereocenters. The first-order valence-electron chi connectivity index (χ1n) is 7.37. The van der Waals surface area contributed by atoms with Gasteiger partial charge in [0.2, 0.25) is 0 Å². The van der Waals surface area contributed by atoms with Gasteiger partial charge in [0.1, 0.15) is 5.75 Å². The minimum Gasteiger partial charge on any atom is -0.859 e. The topological polar surface area (TPSA) is 83.4 Å². The lowest BCUT2D eigenvalue weighted by molar-refractivity contribution is -0.279. The highest BCUT2D eigenvalue weighted by Gasteiger charge is 2.17. The molecule has 25 heavy (non-hydrogen) atoms. The quantitative estimate of drug-likeness (QED) is 0.780. The zero-order chi connectivity index (χ0) is 18.1. The van der Waals surface area contributed by atoms with Crippen LogP contribution >= 0.6 is 11.6 Å². The van der Waals surface area contributed by atoms with Crippen molar-refractivity contribution in [3.8, 4) is 11.6 Å². The van der Waals surface area contributed by atoms with Crippen molar-refractivity contribution in [2.24, 2.45) is 7.05 Å². The summed E-state index contributed by atoms with van der Waals surface area (Å²) in [5.74, 6) is -0.842. The molecule has 0 saturated carbocycles. The number of pyridine rings is 1. The smallest absolute Gasteiger partial charge is 0.257 e. The Labute approximate surface area is 148 Å². The lowest BCUT2D eigenvalue weighted by Crippen LogP contribution is -2.26. The number of aromatic nitrogens is 1. The van der Waals surface area contributed by atoms with Crippen molar-refractivity contribution < 1.29 is 14.6 Å². The molecule has 1 heterocycles. The molecule has 0 saturated heterocycles. The number of nitrogens with one attached hydrogen (secondary N) is 1. The van der Waals surface area contributed by atoms with Gasteiger partial charge >= 0.3 is 0 Å². The Morgan fingerprint density at radius 3 is 2.64 bits per heavy atom. The summed E-state index contributed by atoms with van der Waals surface area (Å²) in [7, 11) is 2.80. The molecule has 128 valence electrons. The molecule has 0 bridgehead atoms. The molecular weight excluding hydrogens is 344 g/mol. The van der Waals surface area contributed by atoms with E-state index in [1.165, 1.54) is 32.4 Å². The first-order valence-corrected chi connectivity index (χ1v) is 7.75. The fraction of sp³-hybridized carbons (Fsp3) is 0.111. The van der Waals surface area contributed by atoms with Crippen LogP contribution in [0.15, 0.2) is 47.3 Å². The lowest BCUT2D eigenvalue weighted by Gasteiger charge is -2.20. The molecule has 0 aliphatic rings. The number of ether oxygens (including phenoxy) is 1. The van der Waals surface area contributed by atoms with E-state index in [1.807, 2.05) is 0 Å². The van der Waals surface area contributed by atoms with Gasteiger partial charge in [-0.1, -0.05) is 29.8 Å². The second kappa shape index (κ2) is 6.49. The lowest BCUT2D eigenvalue weighted by atomic mass is 10.1. The summed E-state index contributed by atoms with van der Waals surface area (Å²) < 4.78 is 6.09. The van der Waals surface area contributed by atoms with Crippen molar-refractivity contribution in [3.05, 3.63) is 63.4 Å². The summed E-state index contributed by atoms with van der Waals surface area (Å²) in [6, 6.07) is 11.3. The van der Waals surface area contributed by atoms with E-state index in [9.17, 15) is 14.7 Å². The molecule has 0 spiro atoms. The molecule has 0 aliphatic heterocycles. The number of carbonyl (C=O) groups is 1. The number of para-hydroxylation sites is 2. The third kappa shape index (κ3) is 2.92. The molecule has 1 amide bonds. The second-order valence-corrected chi connectivity index (χ2v) is 5.83. The van der Waals surface area contributed by atoms with E-state index in [2.05, 4.69) is 5.32 Å². The summed E-state index contributed by atoms with van der Waals surface area (Å²) in [6.07, 6.45) is 0. The van der Waals surface area contributed by atoms with E-state index < -0.39 is 17.3 Å². The Morgan fingerprint density at radius 2 is 1.92 bits per heavy atom. The van der Waals surface area contributed by atoms with Crippen molar-refractivity contribution in [2.45, 2.75) is 0 Å². The zero-order valence-corrected chi connectivity index (χ0v) is 14.3. The first-order chi connectivity index (χ1) is 11.9. The van der Waals surface area contributed by atoms with E-state index in [1.54, 1.807) is 24.3 Å². The van der Waals surface area contributed by atoms with Gasteiger partial charge in [0.25, 0.3) is 11.5 Å². The fourth-order valence-electron chi connectivity index (χ4n) is 2.62. The van der Waals surface area contributed by atoms with Crippen LogP contribution in [0.4, 0.5) is 5.69 Å². The highest BCUT2D eigenvalue weighted by molar-refractivity contribution is 6.31. The van der Waals surface area contributed by atoms with Gasteiger partial charge in [0.05, 0.1) is 18.4 Å². The standard InChI is InChI=1S/C18H15ClN2O4/c1-21-17(23)12-9-10(19)7-8-11(12)15(18(21)24)16(22)20-13-5-3-4-6-14(13)25-2/h3-9,24H,1-2H3,(H,20,22)/p-1. The van der Waals surface area contributed by atoms with E-state index in [0.717, 1.165) is 4.57 Å². The van der Waals surface area contributed by atoms with Crippen LogP contribution in [0.1, 0.15) is 10.4 Å². The predicted molar refractivity (Wildman–Crippen MR) is 94.6 cm³/mol. The fourth-order valence-corrected chi connectivity index (χ4v) is 2.79. The maximum absolute atomic E-state index is 12.8. The minimum atomic E-state index is -0.674. The maximum atomic E-state index is 12.8. The van der Waals surface area contributed by atoms with E-state index in [4.69, 9.17) is 16.3 Å². The molecule has 6 nitrogen and oxygen atoms in total. The third-order valence-corrected chi connectivity index (χ3v) is 4.12. The molecule has 0 radical (unpaired) electrons. The number of hydrogen-bond donors (Lipinski definition) is 1. The van der Waals surface area contributed by atoms with Crippen LogP contribution in [0.3, 0.4) is 0 Å². The van der Waals surface area contributed by atoms with Crippen LogP contribution in [-0.4, -0.2) is 17.6 Å². The van der Waals surface area contributed by atoms with Crippen LogP contribution in [0, 0.1) is 0 Å². The number of halogens is 1. The number of amides is 1. The normalized spacial score (nSPS) is 10.7. The molecule has 3 rings (SSSR count). The van der Waals surface area contributed by atoms with Crippen LogP contribution < -0.4 is 20.7 Å². The van der Waals surface area contributed by atoms with Gasteiger partial charge in [0, 0.05) is 22.8 Å². The van der Waals surface area contributed by atoms with Gasteiger partial charge in [-0.3, -0.25) is 9.59 Å². The van der Waals surface area contributed by atoms with Crippen molar-refractivity contribution >= 4 is 34.0 Å². The predicted octanol–water partition coefficient (Wildman–Crippen LogP) is 2.53. The second-order valence-electron chi connectivity index (χ2n) is 5.39. The van der Waals surface area contributed by atoms with Crippen molar-refractivity contribution in [1.82, 2.24) is 4.57 Å². The molecule has 1 aromatic heterocycles. The number of methoxy groups -OCH3 is 1. The number of fused-ring (bicyclic) bond motifs is 1. The number of carbonyl (C=O) groups excluding carboxylic acids is 1. The molecule has 7 heteroatoms. The van der Waals surface area contributed by atoms with Crippen molar-refractivity contribution in [3.63, 3.8) is 0 Å². The number of anilines is 1. The van der Waals surface area contributed by atoms with Gasteiger partial charge in [-0.2, -0.15) is 0 Å². The molecule has 2 aromatic carbocycles. The minimum absolute atomic E-state index is 0.125. The monoisotopic (exact) mass is 357 g/mol.